The molecule has 0 aromatic carbocycles. The Hall–Kier alpha value is -1.30. The third-order valence-electron chi connectivity index (χ3n) is 3.67. The average Bonchev–Trinajstić information content (AvgIpc) is 2.52. The number of likely N-dealkylation sites (N-methyl/N-ethyl adjacent to an activating group) is 1. The van der Waals surface area contributed by atoms with Crippen molar-refractivity contribution in [1.29, 1.82) is 0 Å². The maximum Gasteiger partial charge on any atom is 0.330 e. The molecule has 1 saturated heterocycles. The van der Waals surface area contributed by atoms with E-state index in [0.717, 1.165) is 30.6 Å². The molecule has 0 radical (unpaired) electrons. The van der Waals surface area contributed by atoms with Gasteiger partial charge in [-0.1, -0.05) is 25.7 Å². The number of amides is 4. The lowest BCUT2D eigenvalue weighted by molar-refractivity contribution is 0.0797. The number of aliphatic hydroxyl groups excluding tert-OH is 1. The first kappa shape index (κ1) is 13.1. The van der Waals surface area contributed by atoms with Crippen molar-refractivity contribution in [2.24, 2.45) is 0 Å². The third-order valence-corrected chi connectivity index (χ3v) is 3.67. The summed E-state index contributed by atoms with van der Waals surface area (Å²) >= 11 is 0. The van der Waals surface area contributed by atoms with Crippen molar-refractivity contribution in [2.45, 2.75) is 50.8 Å². The summed E-state index contributed by atoms with van der Waals surface area (Å²) in [5.41, 5.74) is 0. The van der Waals surface area contributed by atoms with Crippen molar-refractivity contribution in [2.75, 3.05) is 13.6 Å². The van der Waals surface area contributed by atoms with Crippen molar-refractivity contribution in [3.63, 3.8) is 0 Å². The van der Waals surface area contributed by atoms with E-state index >= 15 is 0 Å². The van der Waals surface area contributed by atoms with Gasteiger partial charge < -0.3 is 15.3 Å². The highest BCUT2D eigenvalue weighted by Gasteiger charge is 2.39. The first-order valence-corrected chi connectivity index (χ1v) is 6.62. The minimum Gasteiger partial charge on any atom is -0.371 e. The number of hydrogen-bond acceptors (Lipinski definition) is 3. The molecule has 2 fully saturated rings. The van der Waals surface area contributed by atoms with Crippen LogP contribution in [-0.2, 0) is 0 Å². The van der Waals surface area contributed by atoms with Gasteiger partial charge in [-0.3, -0.25) is 0 Å². The van der Waals surface area contributed by atoms with E-state index in [1.165, 1.54) is 17.7 Å². The molecule has 6 nitrogen and oxygen atoms in total. The van der Waals surface area contributed by atoms with Crippen LogP contribution in [0.15, 0.2) is 0 Å². The lowest BCUT2D eigenvalue weighted by Gasteiger charge is -2.22. The first-order chi connectivity index (χ1) is 8.59. The largest absolute Gasteiger partial charge is 0.371 e. The van der Waals surface area contributed by atoms with Crippen molar-refractivity contribution >= 4 is 12.1 Å². The van der Waals surface area contributed by atoms with Crippen molar-refractivity contribution < 1.29 is 14.7 Å². The van der Waals surface area contributed by atoms with Crippen LogP contribution in [0.4, 0.5) is 9.59 Å². The number of urea groups is 2. The fraction of sp³-hybridized carbons (Fsp3) is 0.833. The zero-order valence-electron chi connectivity index (χ0n) is 10.8. The van der Waals surface area contributed by atoms with Crippen LogP contribution in [0.5, 0.6) is 0 Å². The molecule has 1 unspecified atom stereocenters. The molecule has 2 rings (SSSR count). The summed E-state index contributed by atoms with van der Waals surface area (Å²) in [6.45, 7) is 0.178. The normalized spacial score (nSPS) is 26.3. The number of nitrogens with zero attached hydrogens (tertiary/aromatic N) is 2. The third kappa shape index (κ3) is 2.75. The highest BCUT2D eigenvalue weighted by atomic mass is 16.3. The van der Waals surface area contributed by atoms with Gasteiger partial charge in [-0.05, 0) is 12.8 Å². The highest BCUT2D eigenvalue weighted by Crippen LogP contribution is 2.18. The van der Waals surface area contributed by atoms with Crippen molar-refractivity contribution in [3.05, 3.63) is 0 Å². The molecule has 1 aliphatic carbocycles. The van der Waals surface area contributed by atoms with Crippen LogP contribution in [0.2, 0.25) is 0 Å². The highest BCUT2D eigenvalue weighted by molar-refractivity contribution is 5.95. The molecule has 1 atom stereocenters. The number of imide groups is 1. The Bertz CT molecular complexity index is 327. The van der Waals surface area contributed by atoms with Gasteiger partial charge >= 0.3 is 12.1 Å². The molecule has 0 bridgehead atoms. The van der Waals surface area contributed by atoms with Gasteiger partial charge in [-0.2, -0.15) is 0 Å². The van der Waals surface area contributed by atoms with Gasteiger partial charge in [0.25, 0.3) is 0 Å². The van der Waals surface area contributed by atoms with E-state index in [0.29, 0.717) is 0 Å². The van der Waals surface area contributed by atoms with Gasteiger partial charge in [-0.15, -0.1) is 0 Å². The van der Waals surface area contributed by atoms with Crippen LogP contribution in [-0.4, -0.2) is 52.8 Å². The zero-order valence-corrected chi connectivity index (χ0v) is 10.8. The quantitative estimate of drug-likeness (QED) is 0.689. The molecule has 0 spiro atoms. The van der Waals surface area contributed by atoms with E-state index in [-0.39, 0.29) is 12.6 Å². The van der Waals surface area contributed by atoms with Crippen molar-refractivity contribution in [1.82, 2.24) is 15.1 Å². The molecule has 4 amide bonds. The minimum atomic E-state index is -1.03. The van der Waals surface area contributed by atoms with Gasteiger partial charge in [0.2, 0.25) is 0 Å². The van der Waals surface area contributed by atoms with E-state index in [9.17, 15) is 14.7 Å². The van der Waals surface area contributed by atoms with E-state index in [4.69, 9.17) is 0 Å². The predicted molar refractivity (Wildman–Crippen MR) is 65.9 cm³/mol. The number of rotatable bonds is 1. The predicted octanol–water partition coefficient (Wildman–Crippen LogP) is 1.10. The molecule has 1 saturated carbocycles. The molecule has 2 aliphatic rings. The van der Waals surface area contributed by atoms with Gasteiger partial charge in [0.15, 0.2) is 6.23 Å². The fourth-order valence-corrected chi connectivity index (χ4v) is 2.61. The van der Waals surface area contributed by atoms with Crippen LogP contribution in [0.3, 0.4) is 0 Å². The van der Waals surface area contributed by atoms with Gasteiger partial charge in [0.1, 0.15) is 0 Å². The van der Waals surface area contributed by atoms with E-state index in [2.05, 4.69) is 5.32 Å². The molecule has 102 valence electrons. The summed E-state index contributed by atoms with van der Waals surface area (Å²) in [4.78, 5) is 25.9. The standard InChI is InChI=1S/C12H21N3O3/c1-14-8-10(16)15(12(14)18)11(17)13-9-6-4-2-3-5-7-9/h9-10,16H,2-8H2,1H3,(H,13,17). The SMILES string of the molecule is CN1CC(O)N(C(=O)NC2CCCCCC2)C1=O. The molecule has 18 heavy (non-hydrogen) atoms. The van der Waals surface area contributed by atoms with Crippen molar-refractivity contribution in [3.8, 4) is 0 Å². The number of nitrogens with one attached hydrogen (secondary N) is 1. The Labute approximate surface area is 107 Å². The summed E-state index contributed by atoms with van der Waals surface area (Å²) in [6, 6.07) is -0.775. The topological polar surface area (TPSA) is 72.9 Å². The zero-order chi connectivity index (χ0) is 13.1. The fourth-order valence-electron chi connectivity index (χ4n) is 2.61. The minimum absolute atomic E-state index is 0.130. The monoisotopic (exact) mass is 255 g/mol. The molecule has 2 N–H and O–H groups in total. The Morgan fingerprint density at radius 3 is 2.39 bits per heavy atom. The van der Waals surface area contributed by atoms with Gasteiger partial charge in [0.05, 0.1) is 6.54 Å². The summed E-state index contributed by atoms with van der Waals surface area (Å²) in [6.07, 6.45) is 5.52. The Balaban J connectivity index is 1.92. The average molecular weight is 255 g/mol. The summed E-state index contributed by atoms with van der Waals surface area (Å²) < 4.78 is 0. The molecular weight excluding hydrogens is 234 g/mol. The lowest BCUT2D eigenvalue weighted by Crippen LogP contribution is -2.49. The van der Waals surface area contributed by atoms with Gasteiger partial charge in [0, 0.05) is 13.1 Å². The van der Waals surface area contributed by atoms with E-state index in [1.807, 2.05) is 0 Å². The smallest absolute Gasteiger partial charge is 0.330 e. The molecule has 1 aliphatic heterocycles. The number of β-amino-alcohol motifs (C(OH)–C–C–N with tert-alkyl or cyclic N) is 1. The summed E-state index contributed by atoms with van der Waals surface area (Å²) in [7, 11) is 1.57. The number of aliphatic hydroxyl groups is 1. The van der Waals surface area contributed by atoms with Gasteiger partial charge in [-0.25, -0.2) is 14.5 Å². The van der Waals surface area contributed by atoms with E-state index in [1.54, 1.807) is 7.05 Å². The molecule has 0 aromatic rings. The number of carbonyl (C=O) groups is 2. The molecular formula is C12H21N3O3. The Morgan fingerprint density at radius 1 is 1.28 bits per heavy atom. The second-order valence-electron chi connectivity index (χ2n) is 5.15. The molecule has 1 heterocycles. The first-order valence-electron chi connectivity index (χ1n) is 6.62. The summed E-state index contributed by atoms with van der Waals surface area (Å²) in [5, 5.41) is 12.5. The Kier molecular flexibility index (Phi) is 4.06. The molecule has 0 aromatic heterocycles. The van der Waals surface area contributed by atoms with E-state index < -0.39 is 18.3 Å². The van der Waals surface area contributed by atoms with Crippen LogP contribution < -0.4 is 5.32 Å². The number of carbonyl (C=O) groups excluding carboxylic acids is 2. The lowest BCUT2D eigenvalue weighted by atomic mass is 10.1. The number of hydrogen-bond donors (Lipinski definition) is 2. The second kappa shape index (κ2) is 5.56. The molecule has 6 heteroatoms. The summed E-state index contributed by atoms with van der Waals surface area (Å²) in [5.74, 6) is 0. The Morgan fingerprint density at radius 2 is 1.89 bits per heavy atom. The van der Waals surface area contributed by atoms with Crippen LogP contribution >= 0.6 is 0 Å². The maximum absolute atomic E-state index is 12.0. The second-order valence-corrected chi connectivity index (χ2v) is 5.15. The van der Waals surface area contributed by atoms with Crippen LogP contribution in [0.25, 0.3) is 0 Å². The van der Waals surface area contributed by atoms with Crippen LogP contribution in [0, 0.1) is 0 Å². The maximum atomic E-state index is 12.0. The van der Waals surface area contributed by atoms with Crippen LogP contribution in [0.1, 0.15) is 38.5 Å².